The number of carbonyl (C=O) groups is 2. The molecule has 0 aliphatic carbocycles. The summed E-state index contributed by atoms with van der Waals surface area (Å²) >= 11 is 7.54. The molecular formula is C19H27ClN2O3S. The van der Waals surface area contributed by atoms with Gasteiger partial charge in [-0.2, -0.15) is 0 Å². The van der Waals surface area contributed by atoms with Gasteiger partial charge in [0.15, 0.2) is 0 Å². The molecule has 2 atom stereocenters. The smallest absolute Gasteiger partial charge is 0.412 e. The van der Waals surface area contributed by atoms with Crippen molar-refractivity contribution >= 4 is 35.4 Å². The number of hydrogen-bond donors (Lipinski definition) is 1. The lowest BCUT2D eigenvalue weighted by molar-refractivity contribution is -0.125. The van der Waals surface area contributed by atoms with Crippen LogP contribution in [0.4, 0.5) is 4.79 Å². The van der Waals surface area contributed by atoms with Gasteiger partial charge in [0.2, 0.25) is 5.91 Å². The molecule has 1 aromatic rings. The first-order valence-electron chi connectivity index (χ1n) is 8.89. The van der Waals surface area contributed by atoms with Crippen molar-refractivity contribution in [3.05, 3.63) is 34.9 Å². The maximum Gasteiger partial charge on any atom is 0.412 e. The van der Waals surface area contributed by atoms with Crippen LogP contribution in [0.2, 0.25) is 5.02 Å². The van der Waals surface area contributed by atoms with Gasteiger partial charge in [0.25, 0.3) is 0 Å². The second kappa shape index (κ2) is 9.00. The van der Waals surface area contributed by atoms with Gasteiger partial charge < -0.3 is 10.1 Å². The molecular weight excluding hydrogens is 372 g/mol. The third-order valence-electron chi connectivity index (χ3n) is 3.89. The minimum atomic E-state index is -0.627. The molecule has 0 aromatic heterocycles. The number of hydrogen-bond acceptors (Lipinski definition) is 4. The van der Waals surface area contributed by atoms with E-state index in [-0.39, 0.29) is 11.3 Å². The van der Waals surface area contributed by atoms with E-state index in [2.05, 4.69) is 12.2 Å². The molecule has 0 bridgehead atoms. The Morgan fingerprint density at radius 2 is 1.96 bits per heavy atom. The number of nitrogens with one attached hydrogen (secondary N) is 1. The number of thioether (sulfide) groups is 1. The second-order valence-corrected chi connectivity index (χ2v) is 8.83. The maximum absolute atomic E-state index is 12.8. The number of benzene rings is 1. The molecule has 144 valence electrons. The fraction of sp³-hybridized carbons (Fsp3) is 0.579. The van der Waals surface area contributed by atoms with Crippen LogP contribution in [-0.4, -0.2) is 40.8 Å². The van der Waals surface area contributed by atoms with Crippen LogP contribution in [0.5, 0.6) is 0 Å². The summed E-state index contributed by atoms with van der Waals surface area (Å²) in [5.74, 6) is 0.401. The zero-order chi connectivity index (χ0) is 19.3. The molecule has 1 aromatic carbocycles. The molecule has 1 heterocycles. The Kier molecular flexibility index (Phi) is 7.24. The van der Waals surface area contributed by atoms with Gasteiger partial charge in [0.05, 0.1) is 0 Å². The van der Waals surface area contributed by atoms with Crippen LogP contribution in [-0.2, 0) is 9.53 Å². The molecule has 2 amide bonds. The first-order chi connectivity index (χ1) is 12.2. The molecule has 1 saturated heterocycles. The highest BCUT2D eigenvalue weighted by atomic mass is 35.5. The number of halogens is 1. The topological polar surface area (TPSA) is 58.6 Å². The molecule has 1 aliphatic heterocycles. The number of rotatable bonds is 5. The van der Waals surface area contributed by atoms with Crippen LogP contribution in [0.3, 0.4) is 0 Å². The normalized spacial score (nSPS) is 20.1. The van der Waals surface area contributed by atoms with Gasteiger partial charge in [-0.25, -0.2) is 4.79 Å². The van der Waals surface area contributed by atoms with Crippen molar-refractivity contribution in [2.24, 2.45) is 0 Å². The van der Waals surface area contributed by atoms with E-state index in [0.717, 1.165) is 18.4 Å². The summed E-state index contributed by atoms with van der Waals surface area (Å²) in [6.45, 7) is 8.15. The molecule has 0 unspecified atom stereocenters. The second-order valence-electron chi connectivity index (χ2n) is 7.29. The molecule has 1 fully saturated rings. The highest BCUT2D eigenvalue weighted by molar-refractivity contribution is 7.99. The average molecular weight is 399 g/mol. The van der Waals surface area contributed by atoms with E-state index in [0.29, 0.717) is 17.3 Å². The molecule has 0 radical (unpaired) electrons. The van der Waals surface area contributed by atoms with Crippen molar-refractivity contribution in [2.75, 3.05) is 12.3 Å². The molecule has 7 heteroatoms. The molecule has 1 N–H and O–H groups in total. The summed E-state index contributed by atoms with van der Waals surface area (Å²) in [6.07, 6.45) is 1.44. The molecule has 1 aliphatic rings. The Morgan fingerprint density at radius 1 is 1.31 bits per heavy atom. The maximum atomic E-state index is 12.8. The van der Waals surface area contributed by atoms with Crippen LogP contribution in [0.25, 0.3) is 0 Å². The molecule has 26 heavy (non-hydrogen) atoms. The summed E-state index contributed by atoms with van der Waals surface area (Å²) in [5, 5.41) is 3.29. The highest BCUT2D eigenvalue weighted by Gasteiger charge is 2.44. The quantitative estimate of drug-likeness (QED) is 0.736. The molecule has 0 saturated carbocycles. The third-order valence-corrected chi connectivity index (χ3v) is 5.47. The lowest BCUT2D eigenvalue weighted by atomic mass is 10.1. The zero-order valence-electron chi connectivity index (χ0n) is 15.8. The lowest BCUT2D eigenvalue weighted by Crippen LogP contribution is -2.49. The highest BCUT2D eigenvalue weighted by Crippen LogP contribution is 2.42. The number of nitrogens with zero attached hydrogens (tertiary/aromatic N) is 1. The number of ether oxygens (including phenoxy) is 1. The fourth-order valence-corrected chi connectivity index (χ4v) is 4.18. The van der Waals surface area contributed by atoms with Crippen LogP contribution >= 0.6 is 23.4 Å². The predicted molar refractivity (Wildman–Crippen MR) is 106 cm³/mol. The number of carbonyl (C=O) groups excluding carboxylic acids is 2. The van der Waals surface area contributed by atoms with Gasteiger partial charge in [-0.3, -0.25) is 9.69 Å². The first-order valence-corrected chi connectivity index (χ1v) is 10.3. The van der Waals surface area contributed by atoms with E-state index in [9.17, 15) is 9.59 Å². The molecule has 0 spiro atoms. The van der Waals surface area contributed by atoms with E-state index >= 15 is 0 Å². The zero-order valence-corrected chi connectivity index (χ0v) is 17.3. The van der Waals surface area contributed by atoms with Crippen LogP contribution in [0.1, 0.15) is 51.5 Å². The monoisotopic (exact) mass is 398 g/mol. The van der Waals surface area contributed by atoms with Crippen molar-refractivity contribution in [3.63, 3.8) is 0 Å². The first kappa shape index (κ1) is 20.9. The van der Waals surface area contributed by atoms with Crippen LogP contribution in [0.15, 0.2) is 24.3 Å². The number of amides is 2. The van der Waals surface area contributed by atoms with Crippen molar-refractivity contribution in [1.82, 2.24) is 10.2 Å². The third kappa shape index (κ3) is 5.55. The minimum Gasteiger partial charge on any atom is -0.444 e. The predicted octanol–water partition coefficient (Wildman–Crippen LogP) is 4.61. The van der Waals surface area contributed by atoms with Crippen molar-refractivity contribution < 1.29 is 14.3 Å². The van der Waals surface area contributed by atoms with Gasteiger partial charge in [-0.05, 0) is 44.9 Å². The van der Waals surface area contributed by atoms with E-state index < -0.39 is 17.7 Å². The van der Waals surface area contributed by atoms with E-state index in [1.165, 1.54) is 0 Å². The lowest BCUT2D eigenvalue weighted by Gasteiger charge is -2.31. The van der Waals surface area contributed by atoms with Crippen molar-refractivity contribution in [2.45, 2.75) is 57.6 Å². The standard InChI is InChI=1S/C19H27ClN2O3S/c1-5-6-11-21-16(23)15-12-26-17(13-7-9-14(20)10-8-13)22(15)18(24)25-19(2,3)4/h7-10,15,17H,5-6,11-12H2,1-4H3,(H,21,23)/t15-,17-/m0/s1. The van der Waals surface area contributed by atoms with Crippen molar-refractivity contribution in [3.8, 4) is 0 Å². The Bertz CT molecular complexity index is 631. The van der Waals surface area contributed by atoms with Crippen molar-refractivity contribution in [1.29, 1.82) is 0 Å². The largest absolute Gasteiger partial charge is 0.444 e. The van der Waals surface area contributed by atoms with Crippen LogP contribution < -0.4 is 5.32 Å². The Labute approximate surface area is 164 Å². The summed E-state index contributed by atoms with van der Waals surface area (Å²) in [6, 6.07) is 6.80. The van der Waals surface area contributed by atoms with Gasteiger partial charge in [-0.15, -0.1) is 11.8 Å². The van der Waals surface area contributed by atoms with E-state index in [4.69, 9.17) is 16.3 Å². The van der Waals surface area contributed by atoms with E-state index in [1.807, 2.05) is 32.9 Å². The SMILES string of the molecule is CCCCNC(=O)[C@@H]1CS[C@@H](c2ccc(Cl)cc2)N1C(=O)OC(C)(C)C. The summed E-state index contributed by atoms with van der Waals surface area (Å²) in [4.78, 5) is 27.0. The summed E-state index contributed by atoms with van der Waals surface area (Å²) in [7, 11) is 0. The Morgan fingerprint density at radius 3 is 2.54 bits per heavy atom. The van der Waals surface area contributed by atoms with Crippen LogP contribution in [0, 0.1) is 0 Å². The fourth-order valence-electron chi connectivity index (χ4n) is 2.64. The van der Waals surface area contributed by atoms with Gasteiger partial charge in [0.1, 0.15) is 17.0 Å². The molecule has 2 rings (SSSR count). The summed E-state index contributed by atoms with van der Waals surface area (Å²) in [5.41, 5.74) is 0.298. The van der Waals surface area contributed by atoms with Gasteiger partial charge in [-0.1, -0.05) is 37.1 Å². The van der Waals surface area contributed by atoms with E-state index in [1.54, 1.807) is 28.8 Å². The minimum absolute atomic E-state index is 0.131. The average Bonchev–Trinajstić information content (AvgIpc) is 2.99. The van der Waals surface area contributed by atoms with Gasteiger partial charge in [0, 0.05) is 17.3 Å². The molecule has 5 nitrogen and oxygen atoms in total. The number of unbranched alkanes of at least 4 members (excludes halogenated alkanes) is 1. The summed E-state index contributed by atoms with van der Waals surface area (Å²) < 4.78 is 5.57. The van der Waals surface area contributed by atoms with Gasteiger partial charge >= 0.3 is 6.09 Å². The Hall–Kier alpha value is -1.40. The Balaban J connectivity index is 2.23.